The van der Waals surface area contributed by atoms with Crippen molar-refractivity contribution in [2.24, 2.45) is 0 Å². The summed E-state index contributed by atoms with van der Waals surface area (Å²) < 4.78 is 12.9. The van der Waals surface area contributed by atoms with Crippen LogP contribution in [0.4, 0.5) is 0 Å². The second-order valence-electron chi connectivity index (χ2n) is 6.03. The number of benzene rings is 1. The number of aromatic nitrogens is 1. The van der Waals surface area contributed by atoms with Crippen molar-refractivity contribution in [3.8, 4) is 0 Å². The second kappa shape index (κ2) is 8.12. The van der Waals surface area contributed by atoms with Gasteiger partial charge in [0.25, 0.3) is 5.78 Å². The smallest absolute Gasteiger partial charge is 0.379 e. The molecule has 1 aliphatic heterocycles. The van der Waals surface area contributed by atoms with Crippen LogP contribution in [0.15, 0.2) is 28.9 Å². The van der Waals surface area contributed by atoms with E-state index in [0.29, 0.717) is 5.56 Å². The maximum atomic E-state index is 12.3. The van der Waals surface area contributed by atoms with Crippen molar-refractivity contribution in [2.75, 3.05) is 40.0 Å². The van der Waals surface area contributed by atoms with E-state index in [-0.39, 0.29) is 0 Å². The summed E-state index contributed by atoms with van der Waals surface area (Å²) in [6.45, 7) is 5.26. The van der Waals surface area contributed by atoms with E-state index in [1.807, 2.05) is 22.8 Å². The van der Waals surface area contributed by atoms with E-state index in [9.17, 15) is 9.59 Å². The minimum absolute atomic E-state index is 0.390. The number of methoxy groups -OCH3 is 1. The average Bonchev–Trinajstić information content (AvgIpc) is 2.99. The predicted molar refractivity (Wildman–Crippen MR) is 97.9 cm³/mol. The third-order valence-corrected chi connectivity index (χ3v) is 4.93. The van der Waals surface area contributed by atoms with E-state index < -0.39 is 11.8 Å². The van der Waals surface area contributed by atoms with Crippen molar-refractivity contribution >= 4 is 38.6 Å². The minimum Gasteiger partial charge on any atom is -0.463 e. The molecule has 0 radical (unpaired) electrons. The van der Waals surface area contributed by atoms with Gasteiger partial charge >= 0.3 is 5.97 Å². The SMILES string of the molecule is COC(=O)C(=O)c1cn(CCCN2CCOCC2)c2cc(Br)ccc12. The van der Waals surface area contributed by atoms with Crippen LogP contribution < -0.4 is 0 Å². The molecule has 0 spiro atoms. The zero-order chi connectivity index (χ0) is 17.8. The van der Waals surface area contributed by atoms with E-state index in [0.717, 1.165) is 61.2 Å². The van der Waals surface area contributed by atoms with E-state index in [2.05, 4.69) is 25.6 Å². The highest BCUT2D eigenvalue weighted by molar-refractivity contribution is 9.10. The number of hydrogen-bond acceptors (Lipinski definition) is 5. The molecule has 0 atom stereocenters. The number of ether oxygens (including phenoxy) is 2. The molecule has 2 heterocycles. The summed E-state index contributed by atoms with van der Waals surface area (Å²) in [7, 11) is 1.22. The fourth-order valence-corrected chi connectivity index (χ4v) is 3.47. The summed E-state index contributed by atoms with van der Waals surface area (Å²) >= 11 is 3.47. The van der Waals surface area contributed by atoms with E-state index in [4.69, 9.17) is 4.74 Å². The van der Waals surface area contributed by atoms with Gasteiger partial charge in [-0.3, -0.25) is 9.69 Å². The molecule has 6 nitrogen and oxygen atoms in total. The first-order valence-corrected chi connectivity index (χ1v) is 9.10. The number of morpholine rings is 1. The van der Waals surface area contributed by atoms with Crippen molar-refractivity contribution in [2.45, 2.75) is 13.0 Å². The fourth-order valence-electron chi connectivity index (χ4n) is 3.12. The lowest BCUT2D eigenvalue weighted by Crippen LogP contribution is -2.37. The molecule has 1 fully saturated rings. The highest BCUT2D eigenvalue weighted by Gasteiger charge is 2.22. The summed E-state index contributed by atoms with van der Waals surface area (Å²) in [6, 6.07) is 5.70. The van der Waals surface area contributed by atoms with Crippen LogP contribution in [0, 0.1) is 0 Å². The molecule has 0 amide bonds. The van der Waals surface area contributed by atoms with Gasteiger partial charge in [-0.2, -0.15) is 0 Å². The Morgan fingerprint density at radius 2 is 2.00 bits per heavy atom. The number of halogens is 1. The first kappa shape index (κ1) is 18.1. The molecule has 2 aromatic rings. The molecular formula is C18H21BrN2O4. The van der Waals surface area contributed by atoms with Crippen LogP contribution in [0.2, 0.25) is 0 Å². The summed E-state index contributed by atoms with van der Waals surface area (Å²) in [5, 5.41) is 0.768. The van der Waals surface area contributed by atoms with Gasteiger partial charge in [0.2, 0.25) is 0 Å². The molecule has 0 aliphatic carbocycles. The Labute approximate surface area is 154 Å². The molecular weight excluding hydrogens is 388 g/mol. The number of carbonyl (C=O) groups excluding carboxylic acids is 2. The van der Waals surface area contributed by atoms with Gasteiger partial charge in [0.1, 0.15) is 0 Å². The van der Waals surface area contributed by atoms with Crippen LogP contribution in [0.5, 0.6) is 0 Å². The van der Waals surface area contributed by atoms with Crippen LogP contribution in [-0.4, -0.2) is 61.2 Å². The third kappa shape index (κ3) is 4.11. The van der Waals surface area contributed by atoms with Crippen LogP contribution in [0.1, 0.15) is 16.8 Å². The Balaban J connectivity index is 1.80. The maximum Gasteiger partial charge on any atom is 0.379 e. The fraction of sp³-hybridized carbons (Fsp3) is 0.444. The molecule has 0 N–H and O–H groups in total. The van der Waals surface area contributed by atoms with Gasteiger partial charge in [-0.05, 0) is 18.6 Å². The first-order chi connectivity index (χ1) is 12.1. The number of carbonyl (C=O) groups is 2. The molecule has 7 heteroatoms. The zero-order valence-electron chi connectivity index (χ0n) is 14.2. The highest BCUT2D eigenvalue weighted by atomic mass is 79.9. The molecule has 1 aliphatic rings. The largest absolute Gasteiger partial charge is 0.463 e. The Kier molecular flexibility index (Phi) is 5.88. The zero-order valence-corrected chi connectivity index (χ0v) is 15.8. The van der Waals surface area contributed by atoms with Crippen molar-refractivity contribution in [1.29, 1.82) is 0 Å². The van der Waals surface area contributed by atoms with Gasteiger partial charge in [0.15, 0.2) is 0 Å². The Morgan fingerprint density at radius 3 is 2.72 bits per heavy atom. The summed E-state index contributed by atoms with van der Waals surface area (Å²) in [5.74, 6) is -1.45. The van der Waals surface area contributed by atoms with Gasteiger partial charge in [0, 0.05) is 47.8 Å². The lowest BCUT2D eigenvalue weighted by atomic mass is 10.1. The monoisotopic (exact) mass is 408 g/mol. The van der Waals surface area contributed by atoms with Crippen molar-refractivity contribution < 1.29 is 19.1 Å². The standard InChI is InChI=1S/C18H21BrN2O4/c1-24-18(23)17(22)15-12-21(16-11-13(19)3-4-14(15)16)6-2-5-20-7-9-25-10-8-20/h3-4,11-12H,2,5-10H2,1H3. The molecule has 0 saturated carbocycles. The van der Waals surface area contributed by atoms with E-state index >= 15 is 0 Å². The molecule has 3 rings (SSSR count). The van der Waals surface area contributed by atoms with Crippen molar-refractivity contribution in [3.63, 3.8) is 0 Å². The number of esters is 1. The Morgan fingerprint density at radius 1 is 1.24 bits per heavy atom. The van der Waals surface area contributed by atoms with E-state index in [1.165, 1.54) is 7.11 Å². The minimum atomic E-state index is -0.838. The normalized spacial score (nSPS) is 15.4. The highest BCUT2D eigenvalue weighted by Crippen LogP contribution is 2.26. The van der Waals surface area contributed by atoms with Crippen molar-refractivity contribution in [3.05, 3.63) is 34.4 Å². The third-order valence-electron chi connectivity index (χ3n) is 4.44. The van der Waals surface area contributed by atoms with Gasteiger partial charge in [-0.1, -0.05) is 22.0 Å². The van der Waals surface area contributed by atoms with Gasteiger partial charge in [-0.25, -0.2) is 4.79 Å². The lowest BCUT2D eigenvalue weighted by Gasteiger charge is -2.26. The topological polar surface area (TPSA) is 60.8 Å². The van der Waals surface area contributed by atoms with Crippen LogP contribution >= 0.6 is 15.9 Å². The van der Waals surface area contributed by atoms with Gasteiger partial charge in [-0.15, -0.1) is 0 Å². The number of nitrogens with zero attached hydrogens (tertiary/aromatic N) is 2. The molecule has 1 saturated heterocycles. The summed E-state index contributed by atoms with van der Waals surface area (Å²) in [6.07, 6.45) is 2.72. The number of Topliss-reactive ketones (excluding diaryl/α,β-unsaturated/α-hetero) is 1. The molecule has 1 aromatic carbocycles. The van der Waals surface area contributed by atoms with Crippen LogP contribution in [-0.2, 0) is 20.8 Å². The molecule has 1 aromatic heterocycles. The quantitative estimate of drug-likeness (QED) is 0.417. The van der Waals surface area contributed by atoms with E-state index in [1.54, 1.807) is 6.20 Å². The Hall–Kier alpha value is -1.70. The lowest BCUT2D eigenvalue weighted by molar-refractivity contribution is -0.135. The molecule has 0 bridgehead atoms. The number of hydrogen-bond donors (Lipinski definition) is 0. The van der Waals surface area contributed by atoms with Gasteiger partial charge < -0.3 is 14.0 Å². The molecule has 0 unspecified atom stereocenters. The van der Waals surface area contributed by atoms with Gasteiger partial charge in [0.05, 0.1) is 25.9 Å². The number of fused-ring (bicyclic) bond motifs is 1. The van der Waals surface area contributed by atoms with Crippen LogP contribution in [0.25, 0.3) is 10.9 Å². The maximum absolute atomic E-state index is 12.3. The Bertz CT molecular complexity index is 781. The molecule has 25 heavy (non-hydrogen) atoms. The average molecular weight is 409 g/mol. The number of ketones is 1. The molecule has 134 valence electrons. The predicted octanol–water partition coefficient (Wildman–Crippen LogP) is 2.48. The van der Waals surface area contributed by atoms with Crippen LogP contribution in [0.3, 0.4) is 0 Å². The number of aryl methyl sites for hydroxylation is 1. The number of rotatable bonds is 6. The first-order valence-electron chi connectivity index (χ1n) is 8.31. The van der Waals surface area contributed by atoms with Crippen molar-refractivity contribution in [1.82, 2.24) is 9.47 Å². The summed E-state index contributed by atoms with van der Waals surface area (Å²) in [5.41, 5.74) is 1.32. The summed E-state index contributed by atoms with van der Waals surface area (Å²) in [4.78, 5) is 26.3. The second-order valence-corrected chi connectivity index (χ2v) is 6.94.